The predicted octanol–water partition coefficient (Wildman–Crippen LogP) is 1.44. The van der Waals surface area contributed by atoms with Gasteiger partial charge in [-0.25, -0.2) is 0 Å². The quantitative estimate of drug-likeness (QED) is 0.778. The summed E-state index contributed by atoms with van der Waals surface area (Å²) in [6.45, 7) is 2.44. The molecule has 5 fully saturated rings. The van der Waals surface area contributed by atoms with Crippen molar-refractivity contribution < 1.29 is 14.4 Å². The van der Waals surface area contributed by atoms with Gasteiger partial charge in [-0.3, -0.25) is 14.4 Å². The third kappa shape index (κ3) is 3.47. The van der Waals surface area contributed by atoms with E-state index in [-0.39, 0.29) is 30.2 Å². The zero-order chi connectivity index (χ0) is 18.3. The van der Waals surface area contributed by atoms with Crippen molar-refractivity contribution in [2.45, 2.75) is 70.4 Å². The lowest BCUT2D eigenvalue weighted by molar-refractivity contribution is -0.140. The van der Waals surface area contributed by atoms with Crippen molar-refractivity contribution in [2.24, 2.45) is 23.7 Å². The average molecular weight is 361 g/mol. The smallest absolute Gasteiger partial charge is 0.243 e. The van der Waals surface area contributed by atoms with Crippen molar-refractivity contribution in [3.8, 4) is 0 Å². The molecule has 6 heteroatoms. The summed E-state index contributed by atoms with van der Waals surface area (Å²) in [6.07, 6.45) is 8.43. The Morgan fingerprint density at radius 1 is 1.00 bits per heavy atom. The molecule has 1 heterocycles. The van der Waals surface area contributed by atoms with Crippen LogP contribution in [0, 0.1) is 23.7 Å². The van der Waals surface area contributed by atoms with Gasteiger partial charge in [0.25, 0.3) is 0 Å². The number of carbonyl (C=O) groups excluding carboxylic acids is 3. The summed E-state index contributed by atoms with van der Waals surface area (Å²) in [5, 5.41) is 6.02. The molecule has 1 saturated heterocycles. The van der Waals surface area contributed by atoms with Gasteiger partial charge in [0.1, 0.15) is 6.04 Å². The Hall–Kier alpha value is -1.59. The third-order valence-corrected chi connectivity index (χ3v) is 7.12. The third-order valence-electron chi connectivity index (χ3n) is 7.12. The van der Waals surface area contributed by atoms with Crippen LogP contribution in [0.2, 0.25) is 0 Å². The minimum atomic E-state index is -0.322. The summed E-state index contributed by atoms with van der Waals surface area (Å²) in [7, 11) is 0. The van der Waals surface area contributed by atoms with Crippen LogP contribution in [0.4, 0.5) is 0 Å². The summed E-state index contributed by atoms with van der Waals surface area (Å²) in [4.78, 5) is 38.1. The van der Waals surface area contributed by atoms with E-state index in [0.717, 1.165) is 24.7 Å². The second-order valence-electron chi connectivity index (χ2n) is 8.94. The molecule has 5 rings (SSSR count). The second-order valence-corrected chi connectivity index (χ2v) is 8.94. The number of nitrogens with zero attached hydrogens (tertiary/aromatic N) is 1. The SMILES string of the molecule is CC(=O)NCCC(=O)N1CCCC1C(=O)NC1C2CC3CC(C2)CC1C3. The minimum Gasteiger partial charge on any atom is -0.356 e. The number of amides is 3. The number of nitrogens with one attached hydrogen (secondary N) is 2. The molecule has 26 heavy (non-hydrogen) atoms. The first-order valence-electron chi connectivity index (χ1n) is 10.4. The summed E-state index contributed by atoms with van der Waals surface area (Å²) in [6, 6.07) is 0.00393. The van der Waals surface area contributed by atoms with Crippen LogP contribution >= 0.6 is 0 Å². The number of carbonyl (C=O) groups is 3. The van der Waals surface area contributed by atoms with E-state index in [4.69, 9.17) is 0 Å². The highest BCUT2D eigenvalue weighted by Crippen LogP contribution is 2.53. The van der Waals surface area contributed by atoms with Gasteiger partial charge >= 0.3 is 0 Å². The molecule has 4 aliphatic carbocycles. The van der Waals surface area contributed by atoms with Crippen LogP contribution in [-0.2, 0) is 14.4 Å². The van der Waals surface area contributed by atoms with E-state index in [9.17, 15) is 14.4 Å². The molecule has 0 aromatic carbocycles. The zero-order valence-electron chi connectivity index (χ0n) is 15.7. The Kier molecular flexibility index (Phi) is 4.93. The first-order valence-corrected chi connectivity index (χ1v) is 10.4. The molecule has 0 aromatic rings. The van der Waals surface area contributed by atoms with Gasteiger partial charge in [-0.1, -0.05) is 0 Å². The van der Waals surface area contributed by atoms with Gasteiger partial charge in [0.05, 0.1) is 0 Å². The van der Waals surface area contributed by atoms with Crippen molar-refractivity contribution in [1.82, 2.24) is 15.5 Å². The molecule has 4 saturated carbocycles. The van der Waals surface area contributed by atoms with E-state index in [2.05, 4.69) is 10.6 Å². The largest absolute Gasteiger partial charge is 0.356 e. The number of likely N-dealkylation sites (tertiary alicyclic amines) is 1. The Labute approximate surface area is 155 Å². The Morgan fingerprint density at radius 3 is 2.27 bits per heavy atom. The van der Waals surface area contributed by atoms with Gasteiger partial charge in [0.2, 0.25) is 17.7 Å². The maximum Gasteiger partial charge on any atom is 0.243 e. The molecule has 5 aliphatic rings. The van der Waals surface area contributed by atoms with Crippen molar-refractivity contribution >= 4 is 17.7 Å². The lowest BCUT2D eigenvalue weighted by Gasteiger charge is -2.54. The highest BCUT2D eigenvalue weighted by molar-refractivity contribution is 5.88. The van der Waals surface area contributed by atoms with E-state index >= 15 is 0 Å². The van der Waals surface area contributed by atoms with E-state index in [0.29, 0.717) is 31.0 Å². The molecule has 1 aliphatic heterocycles. The van der Waals surface area contributed by atoms with Crippen LogP contribution < -0.4 is 10.6 Å². The number of hydrogen-bond donors (Lipinski definition) is 2. The summed E-state index contributed by atoms with van der Waals surface area (Å²) < 4.78 is 0. The van der Waals surface area contributed by atoms with E-state index in [1.807, 2.05) is 0 Å². The summed E-state index contributed by atoms with van der Waals surface area (Å²) in [5.74, 6) is 2.98. The molecule has 1 unspecified atom stereocenters. The lowest BCUT2D eigenvalue weighted by atomic mass is 9.54. The molecule has 0 radical (unpaired) electrons. The summed E-state index contributed by atoms with van der Waals surface area (Å²) >= 11 is 0. The maximum absolute atomic E-state index is 13.0. The second kappa shape index (κ2) is 7.20. The fourth-order valence-electron chi connectivity index (χ4n) is 6.25. The molecule has 1 atom stereocenters. The molecule has 6 nitrogen and oxygen atoms in total. The van der Waals surface area contributed by atoms with Crippen molar-refractivity contribution in [1.29, 1.82) is 0 Å². The number of hydrogen-bond acceptors (Lipinski definition) is 3. The van der Waals surface area contributed by atoms with Gasteiger partial charge in [-0.05, 0) is 68.6 Å². The molecule has 0 aromatic heterocycles. The lowest BCUT2D eigenvalue weighted by Crippen LogP contribution is -2.58. The van der Waals surface area contributed by atoms with Crippen LogP contribution in [-0.4, -0.2) is 47.8 Å². The van der Waals surface area contributed by atoms with E-state index in [1.165, 1.54) is 39.0 Å². The van der Waals surface area contributed by atoms with Gasteiger partial charge in [-0.15, -0.1) is 0 Å². The first-order chi connectivity index (χ1) is 12.5. The van der Waals surface area contributed by atoms with Gasteiger partial charge in [-0.2, -0.15) is 0 Å². The molecular formula is C20H31N3O3. The Bertz CT molecular complexity index is 563. The van der Waals surface area contributed by atoms with E-state index in [1.54, 1.807) is 4.90 Å². The van der Waals surface area contributed by atoms with Crippen LogP contribution in [0.5, 0.6) is 0 Å². The highest BCUT2D eigenvalue weighted by atomic mass is 16.2. The molecule has 0 spiro atoms. The normalized spacial score (nSPS) is 37.7. The zero-order valence-corrected chi connectivity index (χ0v) is 15.7. The van der Waals surface area contributed by atoms with Gasteiger partial charge in [0, 0.05) is 32.5 Å². The Balaban J connectivity index is 1.33. The monoisotopic (exact) mass is 361 g/mol. The topological polar surface area (TPSA) is 78.5 Å². The van der Waals surface area contributed by atoms with Crippen LogP contribution in [0.25, 0.3) is 0 Å². The van der Waals surface area contributed by atoms with Gasteiger partial charge < -0.3 is 15.5 Å². The minimum absolute atomic E-state index is 0.0264. The summed E-state index contributed by atoms with van der Waals surface area (Å²) in [5.41, 5.74) is 0. The predicted molar refractivity (Wildman–Crippen MR) is 97.0 cm³/mol. The molecule has 4 bridgehead atoms. The molecule has 2 N–H and O–H groups in total. The molecular weight excluding hydrogens is 330 g/mol. The van der Waals surface area contributed by atoms with Crippen molar-refractivity contribution in [2.75, 3.05) is 13.1 Å². The van der Waals surface area contributed by atoms with Gasteiger partial charge in [0.15, 0.2) is 0 Å². The van der Waals surface area contributed by atoms with Crippen LogP contribution in [0.3, 0.4) is 0 Å². The average Bonchev–Trinajstić information content (AvgIpc) is 3.07. The standard InChI is InChI=1S/C20H31N3O3/c1-12(24)21-5-4-18(25)23-6-2-3-17(23)20(26)22-19-15-8-13-7-14(10-15)11-16(19)9-13/h13-17,19H,2-11H2,1H3,(H,21,24)(H,22,26). The number of rotatable bonds is 5. The van der Waals surface area contributed by atoms with Crippen LogP contribution in [0.1, 0.15) is 58.3 Å². The maximum atomic E-state index is 13.0. The molecule has 144 valence electrons. The first kappa shape index (κ1) is 17.8. The highest BCUT2D eigenvalue weighted by Gasteiger charge is 2.49. The van der Waals surface area contributed by atoms with Crippen molar-refractivity contribution in [3.05, 3.63) is 0 Å². The fraction of sp³-hybridized carbons (Fsp3) is 0.850. The molecule has 3 amide bonds. The van der Waals surface area contributed by atoms with E-state index < -0.39 is 0 Å². The van der Waals surface area contributed by atoms with Crippen molar-refractivity contribution in [3.63, 3.8) is 0 Å². The fourth-order valence-corrected chi connectivity index (χ4v) is 6.25. The van der Waals surface area contributed by atoms with Crippen LogP contribution in [0.15, 0.2) is 0 Å². The Morgan fingerprint density at radius 2 is 1.65 bits per heavy atom.